The lowest BCUT2D eigenvalue weighted by Gasteiger charge is -2.14. The summed E-state index contributed by atoms with van der Waals surface area (Å²) in [6.07, 6.45) is 5.34. The van der Waals surface area contributed by atoms with Gasteiger partial charge in [0.2, 0.25) is 0 Å². The molecule has 6 rings (SSSR count). The monoisotopic (exact) mass is 664 g/mol. The number of rotatable bonds is 16. The smallest absolute Gasteiger partial charge is 0.131 e. The third-order valence-corrected chi connectivity index (χ3v) is 8.74. The summed E-state index contributed by atoms with van der Waals surface area (Å²) in [4.78, 5) is 0. The molecule has 254 valence electrons. The van der Waals surface area contributed by atoms with E-state index in [2.05, 4.69) is 84.9 Å². The lowest BCUT2D eigenvalue weighted by molar-refractivity contribution is 0.414. The van der Waals surface area contributed by atoms with Gasteiger partial charge in [-0.1, -0.05) is 60.7 Å². The summed E-state index contributed by atoms with van der Waals surface area (Å²) in [6, 6.07) is 47.6. The lowest BCUT2D eigenvalue weighted by atomic mass is 10.0. The molecule has 0 bridgehead atoms. The topological polar surface area (TPSA) is 46.2 Å². The van der Waals surface area contributed by atoms with Crippen LogP contribution in [0.5, 0.6) is 40.2 Å². The zero-order chi connectivity index (χ0) is 34.5. The molecule has 6 aromatic rings. The Labute approximate surface area is 296 Å². The van der Waals surface area contributed by atoms with E-state index in [0.717, 1.165) is 84.3 Å². The third kappa shape index (κ3) is 9.93. The number of ether oxygens (including phenoxy) is 5. The SMILES string of the molecule is COc1ccc(CCc2cc(Oc3cccc(CCc4cccc(OC)c4)c3)cc(Oc3cccc(CCc4cccc(OC)c4)c3)c2)cc1. The van der Waals surface area contributed by atoms with Gasteiger partial charge in [-0.05, 0) is 145 Å². The molecule has 0 aliphatic rings. The first-order valence-electron chi connectivity index (χ1n) is 17.1. The quantitative estimate of drug-likeness (QED) is 0.103. The normalized spacial score (nSPS) is 10.8. The van der Waals surface area contributed by atoms with Gasteiger partial charge in [-0.3, -0.25) is 0 Å². The highest BCUT2D eigenvalue weighted by atomic mass is 16.5. The maximum atomic E-state index is 6.51. The summed E-state index contributed by atoms with van der Waals surface area (Å²) >= 11 is 0. The fraction of sp³-hybridized carbons (Fsp3) is 0.200. The predicted octanol–water partition coefficient (Wildman–Crippen LogP) is 10.7. The van der Waals surface area contributed by atoms with Crippen molar-refractivity contribution < 1.29 is 23.7 Å². The van der Waals surface area contributed by atoms with Crippen LogP contribution in [-0.4, -0.2) is 21.3 Å². The van der Waals surface area contributed by atoms with Gasteiger partial charge in [0.15, 0.2) is 0 Å². The molecule has 0 aliphatic heterocycles. The van der Waals surface area contributed by atoms with Crippen LogP contribution in [0.4, 0.5) is 0 Å². The van der Waals surface area contributed by atoms with Gasteiger partial charge in [0.25, 0.3) is 0 Å². The molecular formula is C45H44O5. The fourth-order valence-electron chi connectivity index (χ4n) is 6.01. The van der Waals surface area contributed by atoms with Crippen molar-refractivity contribution in [3.8, 4) is 40.2 Å². The highest BCUT2D eigenvalue weighted by Crippen LogP contribution is 2.32. The molecule has 0 saturated heterocycles. The van der Waals surface area contributed by atoms with Gasteiger partial charge < -0.3 is 23.7 Å². The van der Waals surface area contributed by atoms with Gasteiger partial charge in [0.05, 0.1) is 21.3 Å². The first-order chi connectivity index (χ1) is 24.5. The Bertz CT molecular complexity index is 1870. The van der Waals surface area contributed by atoms with E-state index in [4.69, 9.17) is 23.7 Å². The Morgan fingerprint density at radius 2 is 0.620 bits per heavy atom. The van der Waals surface area contributed by atoms with Gasteiger partial charge >= 0.3 is 0 Å². The van der Waals surface area contributed by atoms with Crippen LogP contribution in [-0.2, 0) is 38.5 Å². The molecule has 6 aromatic carbocycles. The Morgan fingerprint density at radius 1 is 0.280 bits per heavy atom. The van der Waals surface area contributed by atoms with E-state index >= 15 is 0 Å². The molecule has 0 amide bonds. The van der Waals surface area contributed by atoms with E-state index in [0.29, 0.717) is 0 Å². The number of hydrogen-bond acceptors (Lipinski definition) is 5. The minimum atomic E-state index is 0.742. The van der Waals surface area contributed by atoms with E-state index in [1.54, 1.807) is 21.3 Å². The third-order valence-electron chi connectivity index (χ3n) is 8.74. The molecule has 0 aromatic heterocycles. The van der Waals surface area contributed by atoms with E-state index in [9.17, 15) is 0 Å². The van der Waals surface area contributed by atoms with Crippen LogP contribution in [0.1, 0.15) is 33.4 Å². The Balaban J connectivity index is 1.18. The lowest BCUT2D eigenvalue weighted by Crippen LogP contribution is -1.96. The molecule has 0 atom stereocenters. The van der Waals surface area contributed by atoms with Crippen LogP contribution in [0, 0.1) is 0 Å². The molecule has 0 unspecified atom stereocenters. The van der Waals surface area contributed by atoms with Crippen LogP contribution < -0.4 is 23.7 Å². The van der Waals surface area contributed by atoms with Crippen molar-refractivity contribution in [1.82, 2.24) is 0 Å². The van der Waals surface area contributed by atoms with Crippen molar-refractivity contribution in [2.75, 3.05) is 21.3 Å². The van der Waals surface area contributed by atoms with Crippen LogP contribution in [0.3, 0.4) is 0 Å². The molecular weight excluding hydrogens is 620 g/mol. The van der Waals surface area contributed by atoms with Gasteiger partial charge in [-0.25, -0.2) is 0 Å². The highest BCUT2D eigenvalue weighted by Gasteiger charge is 2.09. The zero-order valence-electron chi connectivity index (χ0n) is 29.1. The van der Waals surface area contributed by atoms with Crippen LogP contribution >= 0.6 is 0 Å². The van der Waals surface area contributed by atoms with Gasteiger partial charge in [-0.15, -0.1) is 0 Å². The maximum Gasteiger partial charge on any atom is 0.131 e. The van der Waals surface area contributed by atoms with E-state index in [1.165, 1.54) is 27.8 Å². The van der Waals surface area contributed by atoms with E-state index in [-0.39, 0.29) is 0 Å². The second kappa shape index (κ2) is 17.1. The van der Waals surface area contributed by atoms with Gasteiger partial charge in [0, 0.05) is 6.07 Å². The molecule has 5 heteroatoms. The molecule has 0 heterocycles. The Hall–Kier alpha value is -5.68. The van der Waals surface area contributed by atoms with Crippen molar-refractivity contribution in [3.05, 3.63) is 173 Å². The Morgan fingerprint density at radius 3 is 1.04 bits per heavy atom. The van der Waals surface area contributed by atoms with Crippen molar-refractivity contribution in [2.45, 2.75) is 38.5 Å². The molecule has 0 aliphatic carbocycles. The Kier molecular flexibility index (Phi) is 11.7. The maximum absolute atomic E-state index is 6.51. The number of benzene rings is 6. The molecule has 5 nitrogen and oxygen atoms in total. The van der Waals surface area contributed by atoms with Gasteiger partial charge in [-0.2, -0.15) is 0 Å². The summed E-state index contributed by atoms with van der Waals surface area (Å²) in [5.74, 6) is 5.69. The predicted molar refractivity (Wildman–Crippen MR) is 201 cm³/mol. The molecule has 0 N–H and O–H groups in total. The minimum Gasteiger partial charge on any atom is -0.497 e. The summed E-state index contributed by atoms with van der Waals surface area (Å²) in [6.45, 7) is 0. The fourth-order valence-corrected chi connectivity index (χ4v) is 6.01. The molecule has 0 spiro atoms. The van der Waals surface area contributed by atoms with Crippen molar-refractivity contribution >= 4 is 0 Å². The summed E-state index contributed by atoms with van der Waals surface area (Å²) in [5.41, 5.74) is 7.29. The number of methoxy groups -OCH3 is 3. The standard InChI is InChI=1S/C45H44O5/c1-46-39-24-22-33(23-25-39)16-21-38-30-44(49-42-14-6-10-36(28-42)19-17-34-8-4-12-40(26-34)47-2)32-45(31-38)50-43-15-7-11-37(29-43)20-18-35-9-5-13-41(27-35)48-3/h4-15,22-32H,16-21H2,1-3H3. The van der Waals surface area contributed by atoms with Crippen LogP contribution in [0.2, 0.25) is 0 Å². The van der Waals surface area contributed by atoms with Crippen molar-refractivity contribution in [3.63, 3.8) is 0 Å². The van der Waals surface area contributed by atoms with Crippen molar-refractivity contribution in [1.29, 1.82) is 0 Å². The zero-order valence-corrected chi connectivity index (χ0v) is 29.1. The first-order valence-corrected chi connectivity index (χ1v) is 17.1. The molecule has 0 saturated carbocycles. The summed E-state index contributed by atoms with van der Waals surface area (Å²) < 4.78 is 29.2. The average molecular weight is 665 g/mol. The highest BCUT2D eigenvalue weighted by molar-refractivity contribution is 5.45. The van der Waals surface area contributed by atoms with E-state index < -0.39 is 0 Å². The van der Waals surface area contributed by atoms with E-state index in [1.807, 2.05) is 54.6 Å². The van der Waals surface area contributed by atoms with Crippen LogP contribution in [0.25, 0.3) is 0 Å². The molecule has 0 radical (unpaired) electrons. The summed E-state index contributed by atoms with van der Waals surface area (Å²) in [7, 11) is 5.09. The first kappa shape index (κ1) is 34.2. The van der Waals surface area contributed by atoms with Crippen LogP contribution in [0.15, 0.2) is 140 Å². The number of hydrogen-bond donors (Lipinski definition) is 0. The number of aryl methyl sites for hydroxylation is 6. The molecule has 50 heavy (non-hydrogen) atoms. The van der Waals surface area contributed by atoms with Crippen molar-refractivity contribution in [2.24, 2.45) is 0 Å². The largest absolute Gasteiger partial charge is 0.497 e. The average Bonchev–Trinajstić information content (AvgIpc) is 3.16. The van der Waals surface area contributed by atoms with Gasteiger partial charge in [0.1, 0.15) is 40.2 Å². The molecule has 0 fully saturated rings. The second-order valence-corrected chi connectivity index (χ2v) is 12.4. The summed E-state index contributed by atoms with van der Waals surface area (Å²) in [5, 5.41) is 0. The minimum absolute atomic E-state index is 0.742. The second-order valence-electron chi connectivity index (χ2n) is 12.4.